The molecular formula is C34H46O9. The van der Waals surface area contributed by atoms with Crippen LogP contribution in [0.1, 0.15) is 88.5 Å². The molecule has 0 amide bonds. The van der Waals surface area contributed by atoms with Gasteiger partial charge in [-0.3, -0.25) is 24.0 Å². The van der Waals surface area contributed by atoms with Gasteiger partial charge in [-0.05, 0) is 76.4 Å². The molecule has 4 aliphatic rings. The summed E-state index contributed by atoms with van der Waals surface area (Å²) in [6.07, 6.45) is 5.98. The molecule has 0 aromatic rings. The Morgan fingerprint density at radius 1 is 0.977 bits per heavy atom. The normalized spacial score (nSPS) is 38.2. The Hall–Kier alpha value is -2.91. The predicted molar refractivity (Wildman–Crippen MR) is 157 cm³/mol. The predicted octanol–water partition coefficient (Wildman–Crippen LogP) is 4.20. The lowest BCUT2D eigenvalue weighted by atomic mass is 9.39. The van der Waals surface area contributed by atoms with Gasteiger partial charge in [0.1, 0.15) is 17.5 Å². The molecule has 4 rings (SSSR count). The summed E-state index contributed by atoms with van der Waals surface area (Å²) in [7, 11) is 0. The average Bonchev–Trinajstić information content (AvgIpc) is 3.06. The molecule has 4 aliphatic carbocycles. The number of aliphatic hydroxyl groups is 2. The molecule has 8 atom stereocenters. The maximum absolute atomic E-state index is 14.6. The molecule has 0 radical (unpaired) electrons. The second kappa shape index (κ2) is 10.1. The van der Waals surface area contributed by atoms with Crippen molar-refractivity contribution in [3.63, 3.8) is 0 Å². The van der Waals surface area contributed by atoms with Gasteiger partial charge in [0.2, 0.25) is 5.78 Å². The van der Waals surface area contributed by atoms with E-state index in [1.165, 1.54) is 40.7 Å². The molecular weight excluding hydrogens is 552 g/mol. The van der Waals surface area contributed by atoms with Crippen molar-refractivity contribution in [2.45, 2.75) is 106 Å². The Morgan fingerprint density at radius 3 is 2.12 bits per heavy atom. The number of fused-ring (bicyclic) bond motifs is 5. The van der Waals surface area contributed by atoms with E-state index in [4.69, 9.17) is 9.47 Å². The summed E-state index contributed by atoms with van der Waals surface area (Å²) in [4.78, 5) is 65.7. The number of rotatable bonds is 6. The molecule has 0 aromatic carbocycles. The topological polar surface area (TPSA) is 144 Å². The fourth-order valence-electron chi connectivity index (χ4n) is 9.07. The van der Waals surface area contributed by atoms with Crippen molar-refractivity contribution in [2.24, 2.45) is 39.4 Å². The highest BCUT2D eigenvalue weighted by Gasteiger charge is 2.75. The lowest BCUT2D eigenvalue weighted by Gasteiger charge is -2.63. The molecule has 0 aromatic heterocycles. The SMILES string of the molecule is CC(=O)OC1=C[C@@H]2C(=CC[C@@H]3[C@@]2(C)C(=O)C[C@]2(C)[C@@H]([C@@](C)(O)C(=O)/C=C/C(C)(C)O)[C@H](OC(C)=O)C[C@@]32C)C(C)(C)C1=O. The quantitative estimate of drug-likeness (QED) is 0.261. The summed E-state index contributed by atoms with van der Waals surface area (Å²) in [5.74, 6) is -4.09. The molecule has 9 nitrogen and oxygen atoms in total. The molecule has 9 heteroatoms. The van der Waals surface area contributed by atoms with Crippen LogP contribution in [0.3, 0.4) is 0 Å². The number of esters is 2. The highest BCUT2D eigenvalue weighted by Crippen LogP contribution is 2.74. The van der Waals surface area contributed by atoms with Gasteiger partial charge >= 0.3 is 11.9 Å². The number of carbonyl (C=O) groups is 5. The maximum Gasteiger partial charge on any atom is 0.308 e. The first-order valence-corrected chi connectivity index (χ1v) is 15.0. The Morgan fingerprint density at radius 2 is 1.58 bits per heavy atom. The van der Waals surface area contributed by atoms with Crippen LogP contribution in [0, 0.1) is 39.4 Å². The second-order valence-electron chi connectivity index (χ2n) is 15.1. The van der Waals surface area contributed by atoms with Crippen LogP contribution in [0.5, 0.6) is 0 Å². The number of ketones is 3. The van der Waals surface area contributed by atoms with Crippen LogP contribution in [0.2, 0.25) is 0 Å². The average molecular weight is 599 g/mol. The fourth-order valence-corrected chi connectivity index (χ4v) is 9.07. The third-order valence-corrected chi connectivity index (χ3v) is 11.3. The van der Waals surface area contributed by atoms with Crippen LogP contribution < -0.4 is 0 Å². The van der Waals surface area contributed by atoms with E-state index < -0.39 is 68.5 Å². The maximum atomic E-state index is 14.6. The smallest absolute Gasteiger partial charge is 0.308 e. The molecule has 0 aliphatic heterocycles. The monoisotopic (exact) mass is 598 g/mol. The molecule has 0 heterocycles. The molecule has 0 bridgehead atoms. The number of hydrogen-bond donors (Lipinski definition) is 2. The molecule has 2 saturated carbocycles. The third-order valence-electron chi connectivity index (χ3n) is 11.3. The standard InChI is InChI=1S/C34H46O9/c1-18(35)42-22-15-21-20(30(5,6)28(22)39)11-12-24-31(7)16-23(43-19(2)36)27(32(31,8)17-26(38)33(21,24)9)34(10,41)25(37)13-14-29(3,4)40/h11,13-15,21,23-24,27,40-41H,12,16-17H2,1-10H3/b14-13+/t21-,23-,24+,27+,31+,32-,33+,34+/m1/s1. The molecule has 2 N–H and O–H groups in total. The van der Waals surface area contributed by atoms with E-state index in [-0.39, 0.29) is 29.7 Å². The second-order valence-corrected chi connectivity index (χ2v) is 15.1. The molecule has 0 unspecified atom stereocenters. The number of carbonyl (C=O) groups excluding carboxylic acids is 5. The fraction of sp³-hybridized carbons (Fsp3) is 0.676. The van der Waals surface area contributed by atoms with Crippen LogP contribution in [0.25, 0.3) is 0 Å². The van der Waals surface area contributed by atoms with Crippen LogP contribution in [0.4, 0.5) is 0 Å². The van der Waals surface area contributed by atoms with Crippen molar-refractivity contribution in [1.82, 2.24) is 0 Å². The number of hydrogen-bond acceptors (Lipinski definition) is 9. The van der Waals surface area contributed by atoms with Gasteiger partial charge in [0.25, 0.3) is 0 Å². The molecule has 0 spiro atoms. The van der Waals surface area contributed by atoms with E-state index in [9.17, 15) is 34.2 Å². The van der Waals surface area contributed by atoms with Crippen molar-refractivity contribution < 1.29 is 43.7 Å². The molecule has 43 heavy (non-hydrogen) atoms. The lowest BCUT2D eigenvalue weighted by molar-refractivity contribution is -0.181. The van der Waals surface area contributed by atoms with E-state index in [0.717, 1.165) is 11.6 Å². The van der Waals surface area contributed by atoms with Gasteiger partial charge in [-0.2, -0.15) is 0 Å². The Bertz CT molecular complexity index is 1370. The summed E-state index contributed by atoms with van der Waals surface area (Å²) >= 11 is 0. The number of Topliss-reactive ketones (excluding diaryl/α,β-unsaturated/α-hetero) is 2. The zero-order valence-corrected chi connectivity index (χ0v) is 27.0. The van der Waals surface area contributed by atoms with Crippen LogP contribution >= 0.6 is 0 Å². The van der Waals surface area contributed by atoms with Gasteiger partial charge in [-0.15, -0.1) is 0 Å². The first-order chi connectivity index (χ1) is 19.4. The lowest BCUT2D eigenvalue weighted by Crippen LogP contribution is -2.64. The van der Waals surface area contributed by atoms with Crippen molar-refractivity contribution >= 4 is 29.3 Å². The minimum absolute atomic E-state index is 0.00748. The van der Waals surface area contributed by atoms with Crippen LogP contribution in [0.15, 0.2) is 35.6 Å². The minimum atomic E-state index is -2.03. The van der Waals surface area contributed by atoms with Crippen molar-refractivity contribution in [1.29, 1.82) is 0 Å². The molecule has 0 saturated heterocycles. The van der Waals surface area contributed by atoms with E-state index in [2.05, 4.69) is 0 Å². The zero-order chi connectivity index (χ0) is 32.7. The summed E-state index contributed by atoms with van der Waals surface area (Å²) < 4.78 is 11.2. The van der Waals surface area contributed by atoms with Gasteiger partial charge in [0.05, 0.1) is 11.0 Å². The summed E-state index contributed by atoms with van der Waals surface area (Å²) in [5, 5.41) is 22.1. The summed E-state index contributed by atoms with van der Waals surface area (Å²) in [5.41, 5.74) is -6.19. The van der Waals surface area contributed by atoms with Gasteiger partial charge in [-0.25, -0.2) is 0 Å². The van der Waals surface area contributed by atoms with Crippen LogP contribution in [-0.4, -0.2) is 56.8 Å². The van der Waals surface area contributed by atoms with Gasteiger partial charge < -0.3 is 19.7 Å². The first kappa shape index (κ1) is 33.0. The first-order valence-electron chi connectivity index (χ1n) is 15.0. The molecule has 2 fully saturated rings. The van der Waals surface area contributed by atoms with Crippen LogP contribution in [-0.2, 0) is 33.4 Å². The Kier molecular flexibility index (Phi) is 7.72. The van der Waals surface area contributed by atoms with E-state index >= 15 is 0 Å². The Balaban J connectivity index is 1.89. The summed E-state index contributed by atoms with van der Waals surface area (Å²) in [6, 6.07) is 0. The zero-order valence-electron chi connectivity index (χ0n) is 27.0. The summed E-state index contributed by atoms with van der Waals surface area (Å²) in [6.45, 7) is 16.3. The Labute approximate surface area is 253 Å². The van der Waals surface area contributed by atoms with E-state index in [1.807, 2.05) is 26.8 Å². The van der Waals surface area contributed by atoms with Gasteiger partial charge in [0.15, 0.2) is 11.5 Å². The third kappa shape index (κ3) is 4.87. The van der Waals surface area contributed by atoms with E-state index in [0.29, 0.717) is 12.8 Å². The van der Waals surface area contributed by atoms with E-state index in [1.54, 1.807) is 19.9 Å². The number of allylic oxidation sites excluding steroid dienone is 4. The van der Waals surface area contributed by atoms with Crippen molar-refractivity contribution in [3.05, 3.63) is 35.6 Å². The van der Waals surface area contributed by atoms with Gasteiger partial charge in [0, 0.05) is 37.5 Å². The number of ether oxygens (including phenoxy) is 2. The minimum Gasteiger partial charge on any atom is -0.462 e. The largest absolute Gasteiger partial charge is 0.462 e. The van der Waals surface area contributed by atoms with Crippen molar-refractivity contribution in [3.8, 4) is 0 Å². The molecule has 236 valence electrons. The highest BCUT2D eigenvalue weighted by molar-refractivity contribution is 6.03. The van der Waals surface area contributed by atoms with Gasteiger partial charge in [-0.1, -0.05) is 38.5 Å². The highest BCUT2D eigenvalue weighted by atomic mass is 16.5. The van der Waals surface area contributed by atoms with Crippen molar-refractivity contribution in [2.75, 3.05) is 0 Å².